The van der Waals surface area contributed by atoms with Crippen LogP contribution in [0.1, 0.15) is 30.3 Å². The molecule has 2 N–H and O–H groups in total. The molecule has 1 aliphatic heterocycles. The maximum absolute atomic E-state index is 5.19. The Bertz CT molecular complexity index is 576. The van der Waals surface area contributed by atoms with Gasteiger partial charge in [0.15, 0.2) is 0 Å². The normalized spacial score (nSPS) is 21.5. The molecule has 0 spiro atoms. The van der Waals surface area contributed by atoms with Crippen molar-refractivity contribution in [3.05, 3.63) is 47.5 Å². The zero-order valence-electron chi connectivity index (χ0n) is 12.1. The zero-order valence-corrected chi connectivity index (χ0v) is 12.1. The molecule has 0 amide bonds. The molecule has 3 rings (SSSR count). The molecule has 4 nitrogen and oxygen atoms in total. The van der Waals surface area contributed by atoms with Gasteiger partial charge in [-0.15, -0.1) is 0 Å². The summed E-state index contributed by atoms with van der Waals surface area (Å²) in [6.45, 7) is 3.25. The van der Waals surface area contributed by atoms with E-state index in [4.69, 9.17) is 4.74 Å². The molecule has 106 valence electrons. The summed E-state index contributed by atoms with van der Waals surface area (Å²) in [6, 6.07) is 8.31. The third kappa shape index (κ3) is 2.43. The molecular formula is C16H21N3O. The summed E-state index contributed by atoms with van der Waals surface area (Å²) in [5.41, 5.74) is 3.75. The topological polar surface area (TPSA) is 49.9 Å². The Labute approximate surface area is 119 Å². The van der Waals surface area contributed by atoms with Gasteiger partial charge in [0.1, 0.15) is 5.75 Å². The van der Waals surface area contributed by atoms with Gasteiger partial charge >= 0.3 is 0 Å². The Hall–Kier alpha value is -1.81. The van der Waals surface area contributed by atoms with Crippen molar-refractivity contribution < 1.29 is 4.74 Å². The van der Waals surface area contributed by atoms with E-state index < -0.39 is 0 Å². The van der Waals surface area contributed by atoms with Crippen molar-refractivity contribution in [1.29, 1.82) is 0 Å². The number of imidazole rings is 1. The van der Waals surface area contributed by atoms with Crippen molar-refractivity contribution in [2.75, 3.05) is 13.7 Å². The van der Waals surface area contributed by atoms with Crippen LogP contribution < -0.4 is 10.1 Å². The Morgan fingerprint density at radius 2 is 2.10 bits per heavy atom. The van der Waals surface area contributed by atoms with E-state index in [-0.39, 0.29) is 5.54 Å². The third-order valence-electron chi connectivity index (χ3n) is 4.20. The number of aromatic nitrogens is 2. The molecule has 2 aromatic rings. The number of methoxy groups -OCH3 is 1. The highest BCUT2D eigenvalue weighted by atomic mass is 16.5. The number of nitrogens with one attached hydrogen (secondary N) is 2. The maximum atomic E-state index is 5.19. The van der Waals surface area contributed by atoms with Crippen LogP contribution in [-0.2, 0) is 18.4 Å². The lowest BCUT2D eigenvalue weighted by Crippen LogP contribution is -2.45. The largest absolute Gasteiger partial charge is 0.497 e. The van der Waals surface area contributed by atoms with Gasteiger partial charge in [-0.3, -0.25) is 0 Å². The van der Waals surface area contributed by atoms with Gasteiger partial charge < -0.3 is 15.0 Å². The molecule has 20 heavy (non-hydrogen) atoms. The van der Waals surface area contributed by atoms with E-state index in [1.165, 1.54) is 17.0 Å². The number of aromatic amines is 1. The molecule has 0 fully saturated rings. The molecule has 1 aromatic heterocycles. The lowest BCUT2D eigenvalue weighted by atomic mass is 9.86. The smallest absolute Gasteiger partial charge is 0.118 e. The van der Waals surface area contributed by atoms with Crippen molar-refractivity contribution in [1.82, 2.24) is 15.3 Å². The minimum Gasteiger partial charge on any atom is -0.497 e. The summed E-state index contributed by atoms with van der Waals surface area (Å²) in [5.74, 6) is 0.908. The molecule has 1 atom stereocenters. The van der Waals surface area contributed by atoms with Crippen LogP contribution in [0.15, 0.2) is 30.6 Å². The zero-order chi connectivity index (χ0) is 14.0. The highest BCUT2D eigenvalue weighted by Gasteiger charge is 2.33. The number of nitrogens with zero attached hydrogens (tertiary/aromatic N) is 1. The summed E-state index contributed by atoms with van der Waals surface area (Å²) in [6.07, 6.45) is 4.91. The number of H-pyrrole nitrogens is 1. The number of benzene rings is 1. The van der Waals surface area contributed by atoms with Gasteiger partial charge in [-0.2, -0.15) is 0 Å². The first-order chi connectivity index (χ1) is 9.71. The van der Waals surface area contributed by atoms with E-state index in [9.17, 15) is 0 Å². The van der Waals surface area contributed by atoms with Crippen LogP contribution >= 0.6 is 0 Å². The molecular weight excluding hydrogens is 250 g/mol. The van der Waals surface area contributed by atoms with Crippen molar-refractivity contribution in [3.63, 3.8) is 0 Å². The van der Waals surface area contributed by atoms with E-state index in [1.807, 2.05) is 18.5 Å². The molecule has 1 unspecified atom stereocenters. The van der Waals surface area contributed by atoms with Gasteiger partial charge in [-0.1, -0.05) is 12.1 Å². The summed E-state index contributed by atoms with van der Waals surface area (Å²) in [4.78, 5) is 7.77. The van der Waals surface area contributed by atoms with Crippen LogP contribution in [-0.4, -0.2) is 23.6 Å². The van der Waals surface area contributed by atoms with Crippen molar-refractivity contribution in [2.24, 2.45) is 0 Å². The second kappa shape index (κ2) is 5.29. The average Bonchev–Trinajstić information content (AvgIpc) is 2.96. The molecule has 0 radical (unpaired) electrons. The van der Waals surface area contributed by atoms with Crippen LogP contribution in [0.3, 0.4) is 0 Å². The van der Waals surface area contributed by atoms with Crippen LogP contribution in [0.25, 0.3) is 0 Å². The van der Waals surface area contributed by atoms with Gasteiger partial charge in [-0.05, 0) is 37.5 Å². The van der Waals surface area contributed by atoms with Gasteiger partial charge in [0.25, 0.3) is 0 Å². The fraction of sp³-hybridized carbons (Fsp3) is 0.438. The van der Waals surface area contributed by atoms with Gasteiger partial charge in [0.2, 0.25) is 0 Å². The first-order valence-corrected chi connectivity index (χ1v) is 7.12. The summed E-state index contributed by atoms with van der Waals surface area (Å²) < 4.78 is 5.19. The van der Waals surface area contributed by atoms with Crippen molar-refractivity contribution in [3.8, 4) is 5.75 Å². The number of ether oxygens (including phenoxy) is 1. The van der Waals surface area contributed by atoms with Gasteiger partial charge in [-0.25, -0.2) is 4.98 Å². The van der Waals surface area contributed by atoms with Crippen LogP contribution in [0.2, 0.25) is 0 Å². The molecule has 0 saturated carbocycles. The van der Waals surface area contributed by atoms with Gasteiger partial charge in [0, 0.05) is 18.7 Å². The second-order valence-corrected chi connectivity index (χ2v) is 5.59. The first kappa shape index (κ1) is 13.2. The summed E-state index contributed by atoms with van der Waals surface area (Å²) in [5, 5.41) is 3.62. The van der Waals surface area contributed by atoms with Crippen LogP contribution in [0.4, 0.5) is 0 Å². The standard InChI is InChI=1S/C16H21N3O/c1-16(15-14(8-10-19-16)17-11-18-15)9-7-12-3-5-13(20-2)6-4-12/h3-6,11,19H,7-10H2,1-2H3,(H,17,18). The number of hydrogen-bond acceptors (Lipinski definition) is 3. The van der Waals surface area contributed by atoms with E-state index in [2.05, 4.69) is 34.3 Å². The number of hydrogen-bond donors (Lipinski definition) is 2. The lowest BCUT2D eigenvalue weighted by molar-refractivity contribution is 0.314. The highest BCUT2D eigenvalue weighted by molar-refractivity contribution is 5.29. The molecule has 2 heterocycles. The second-order valence-electron chi connectivity index (χ2n) is 5.59. The predicted octanol–water partition coefficient (Wildman–Crippen LogP) is 2.41. The fourth-order valence-electron chi connectivity index (χ4n) is 2.93. The molecule has 4 heteroatoms. The third-order valence-corrected chi connectivity index (χ3v) is 4.20. The van der Waals surface area contributed by atoms with E-state index in [1.54, 1.807) is 7.11 Å². The molecule has 0 saturated heterocycles. The molecule has 0 aliphatic carbocycles. The SMILES string of the molecule is COc1ccc(CCC2(C)NCCc3[nH]cnc32)cc1. The molecule has 1 aromatic carbocycles. The lowest BCUT2D eigenvalue weighted by Gasteiger charge is -2.34. The monoisotopic (exact) mass is 271 g/mol. The maximum Gasteiger partial charge on any atom is 0.118 e. The summed E-state index contributed by atoms with van der Waals surface area (Å²) >= 11 is 0. The Balaban J connectivity index is 1.72. The van der Waals surface area contributed by atoms with Crippen molar-refractivity contribution >= 4 is 0 Å². The van der Waals surface area contributed by atoms with E-state index in [0.717, 1.165) is 31.6 Å². The van der Waals surface area contributed by atoms with Gasteiger partial charge in [0.05, 0.1) is 24.7 Å². The number of fused-ring (bicyclic) bond motifs is 1. The Morgan fingerprint density at radius 1 is 1.30 bits per heavy atom. The Kier molecular flexibility index (Phi) is 3.49. The minimum atomic E-state index is -0.0342. The minimum absolute atomic E-state index is 0.0342. The molecule has 1 aliphatic rings. The quantitative estimate of drug-likeness (QED) is 0.898. The predicted molar refractivity (Wildman–Crippen MR) is 79.0 cm³/mol. The average molecular weight is 271 g/mol. The van der Waals surface area contributed by atoms with Crippen LogP contribution in [0, 0.1) is 0 Å². The van der Waals surface area contributed by atoms with E-state index >= 15 is 0 Å². The first-order valence-electron chi connectivity index (χ1n) is 7.12. The molecule has 0 bridgehead atoms. The van der Waals surface area contributed by atoms with E-state index in [0.29, 0.717) is 0 Å². The number of rotatable bonds is 4. The fourth-order valence-corrected chi connectivity index (χ4v) is 2.93. The highest BCUT2D eigenvalue weighted by Crippen LogP contribution is 2.30. The Morgan fingerprint density at radius 3 is 2.85 bits per heavy atom. The van der Waals surface area contributed by atoms with Crippen LogP contribution in [0.5, 0.6) is 5.75 Å². The van der Waals surface area contributed by atoms with Crippen molar-refractivity contribution in [2.45, 2.75) is 31.7 Å². The summed E-state index contributed by atoms with van der Waals surface area (Å²) in [7, 11) is 1.70. The number of aryl methyl sites for hydroxylation is 1.